The van der Waals surface area contributed by atoms with Crippen molar-refractivity contribution < 1.29 is 0 Å². The van der Waals surface area contributed by atoms with E-state index in [2.05, 4.69) is 57.0 Å². The van der Waals surface area contributed by atoms with Crippen molar-refractivity contribution in [1.29, 1.82) is 0 Å². The molecule has 2 nitrogen and oxygen atoms in total. The van der Waals surface area contributed by atoms with Crippen molar-refractivity contribution in [2.24, 2.45) is 0 Å². The summed E-state index contributed by atoms with van der Waals surface area (Å²) in [5.41, 5.74) is 3.57. The topological polar surface area (TPSA) is 16.1 Å². The third-order valence-electron chi connectivity index (χ3n) is 2.96. The lowest BCUT2D eigenvalue weighted by Crippen LogP contribution is -2.19. The first kappa shape index (κ1) is 14.4. The molecule has 100 valence electrons. The van der Waals surface area contributed by atoms with Crippen LogP contribution < -0.4 is 4.90 Å². The van der Waals surface area contributed by atoms with Gasteiger partial charge in [-0.2, -0.15) is 0 Å². The molecule has 0 unspecified atom stereocenters. The zero-order valence-corrected chi connectivity index (χ0v) is 13.4. The summed E-state index contributed by atoms with van der Waals surface area (Å²) in [6.07, 6.45) is 1.80. The fraction of sp³-hybridized carbons (Fsp3) is 0.267. The van der Waals surface area contributed by atoms with E-state index in [1.54, 1.807) is 6.20 Å². The van der Waals surface area contributed by atoms with Gasteiger partial charge in [-0.15, -0.1) is 11.6 Å². The predicted molar refractivity (Wildman–Crippen MR) is 84.8 cm³/mol. The Morgan fingerprint density at radius 2 is 1.95 bits per heavy atom. The van der Waals surface area contributed by atoms with Gasteiger partial charge in [0, 0.05) is 29.8 Å². The largest absolute Gasteiger partial charge is 0.355 e. The summed E-state index contributed by atoms with van der Waals surface area (Å²) < 4.78 is 0.954. The van der Waals surface area contributed by atoms with E-state index < -0.39 is 0 Å². The van der Waals surface area contributed by atoms with Crippen LogP contribution >= 0.6 is 27.5 Å². The number of benzene rings is 1. The molecule has 2 rings (SSSR count). The van der Waals surface area contributed by atoms with Gasteiger partial charge in [-0.25, -0.2) is 4.98 Å². The average molecular weight is 340 g/mol. The number of pyridine rings is 1. The minimum Gasteiger partial charge on any atom is -0.355 e. The molecule has 1 heterocycles. The van der Waals surface area contributed by atoms with Crippen molar-refractivity contribution in [2.75, 3.05) is 11.9 Å². The van der Waals surface area contributed by atoms with Crippen LogP contribution in [0.5, 0.6) is 0 Å². The highest BCUT2D eigenvalue weighted by Crippen LogP contribution is 2.23. The number of hydrogen-bond acceptors (Lipinski definition) is 2. The van der Waals surface area contributed by atoms with Crippen LogP contribution in [0, 0.1) is 6.92 Å². The molecular weight excluding hydrogens is 324 g/mol. The van der Waals surface area contributed by atoms with Crippen LogP contribution in [0.1, 0.15) is 16.7 Å². The maximum atomic E-state index is 5.98. The molecule has 2 aromatic rings. The molecule has 4 heteroatoms. The molecule has 0 atom stereocenters. The Hall–Kier alpha value is -1.06. The Morgan fingerprint density at radius 1 is 1.26 bits per heavy atom. The summed E-state index contributed by atoms with van der Waals surface area (Å²) in [5.74, 6) is 1.39. The van der Waals surface area contributed by atoms with Gasteiger partial charge in [-0.05, 0) is 34.5 Å². The summed E-state index contributed by atoms with van der Waals surface area (Å²) in [6.45, 7) is 2.91. The summed E-state index contributed by atoms with van der Waals surface area (Å²) in [7, 11) is 2.03. The third kappa shape index (κ3) is 3.71. The molecule has 1 aromatic carbocycles. The first-order valence-electron chi connectivity index (χ1n) is 6.07. The molecule has 0 aliphatic carbocycles. The van der Waals surface area contributed by atoms with Crippen LogP contribution in [-0.2, 0) is 12.4 Å². The molecule has 0 radical (unpaired) electrons. The highest BCUT2D eigenvalue weighted by atomic mass is 79.9. The van der Waals surface area contributed by atoms with Gasteiger partial charge in [0.2, 0.25) is 0 Å². The van der Waals surface area contributed by atoms with Gasteiger partial charge < -0.3 is 4.90 Å². The molecule has 0 saturated carbocycles. The van der Waals surface area contributed by atoms with E-state index in [0.29, 0.717) is 5.88 Å². The SMILES string of the molecule is Cc1ccc(CN(C)c2ncc(Br)cc2CCl)cc1. The molecule has 0 saturated heterocycles. The molecular formula is C15H16BrClN2. The fourth-order valence-electron chi connectivity index (χ4n) is 1.96. The Morgan fingerprint density at radius 3 is 2.58 bits per heavy atom. The molecule has 0 aliphatic heterocycles. The van der Waals surface area contributed by atoms with E-state index in [-0.39, 0.29) is 0 Å². The first-order valence-corrected chi connectivity index (χ1v) is 7.40. The van der Waals surface area contributed by atoms with Gasteiger partial charge >= 0.3 is 0 Å². The van der Waals surface area contributed by atoms with Crippen LogP contribution in [0.2, 0.25) is 0 Å². The van der Waals surface area contributed by atoms with Crippen molar-refractivity contribution in [3.05, 3.63) is 57.7 Å². The van der Waals surface area contributed by atoms with Crippen LogP contribution in [-0.4, -0.2) is 12.0 Å². The first-order chi connectivity index (χ1) is 9.10. The molecule has 0 spiro atoms. The Kier molecular flexibility index (Phi) is 4.83. The van der Waals surface area contributed by atoms with Crippen LogP contribution in [0.4, 0.5) is 5.82 Å². The molecule has 0 amide bonds. The van der Waals surface area contributed by atoms with E-state index in [9.17, 15) is 0 Å². The third-order valence-corrected chi connectivity index (χ3v) is 3.68. The van der Waals surface area contributed by atoms with Crippen molar-refractivity contribution in [1.82, 2.24) is 4.98 Å². The van der Waals surface area contributed by atoms with Gasteiger partial charge in [0.15, 0.2) is 0 Å². The summed E-state index contributed by atoms with van der Waals surface area (Å²) in [4.78, 5) is 6.58. The van der Waals surface area contributed by atoms with Crippen molar-refractivity contribution in [2.45, 2.75) is 19.3 Å². The molecule has 1 aromatic heterocycles. The monoisotopic (exact) mass is 338 g/mol. The minimum atomic E-state index is 0.458. The van der Waals surface area contributed by atoms with E-state index >= 15 is 0 Å². The van der Waals surface area contributed by atoms with Crippen LogP contribution in [0.3, 0.4) is 0 Å². The molecule has 0 N–H and O–H groups in total. The molecule has 0 aliphatic rings. The summed E-state index contributed by atoms with van der Waals surface area (Å²) >= 11 is 9.41. The zero-order valence-electron chi connectivity index (χ0n) is 11.0. The second kappa shape index (κ2) is 6.40. The zero-order chi connectivity index (χ0) is 13.8. The summed E-state index contributed by atoms with van der Waals surface area (Å²) in [5, 5.41) is 0. The number of alkyl halides is 1. The smallest absolute Gasteiger partial charge is 0.133 e. The Labute approximate surface area is 127 Å². The number of nitrogens with zero attached hydrogens (tertiary/aromatic N) is 2. The number of aryl methyl sites for hydroxylation is 1. The van der Waals surface area contributed by atoms with Gasteiger partial charge in [0.1, 0.15) is 5.82 Å². The van der Waals surface area contributed by atoms with E-state index in [1.165, 1.54) is 11.1 Å². The quantitative estimate of drug-likeness (QED) is 0.761. The highest BCUT2D eigenvalue weighted by Gasteiger charge is 2.09. The average Bonchev–Trinajstić information content (AvgIpc) is 2.41. The van der Waals surface area contributed by atoms with Crippen molar-refractivity contribution in [3.8, 4) is 0 Å². The Bertz CT molecular complexity index is 555. The number of aromatic nitrogens is 1. The number of rotatable bonds is 4. The number of halogens is 2. The highest BCUT2D eigenvalue weighted by molar-refractivity contribution is 9.10. The second-order valence-electron chi connectivity index (χ2n) is 4.61. The predicted octanol–water partition coefficient (Wildman–Crippen LogP) is 4.53. The normalized spacial score (nSPS) is 10.5. The van der Waals surface area contributed by atoms with Gasteiger partial charge in [-0.3, -0.25) is 0 Å². The van der Waals surface area contributed by atoms with Gasteiger partial charge in [0.25, 0.3) is 0 Å². The lowest BCUT2D eigenvalue weighted by atomic mass is 10.1. The molecule has 19 heavy (non-hydrogen) atoms. The Balaban J connectivity index is 2.19. The fourth-order valence-corrected chi connectivity index (χ4v) is 2.53. The lowest BCUT2D eigenvalue weighted by Gasteiger charge is -2.21. The van der Waals surface area contributed by atoms with E-state index in [1.807, 2.05) is 13.1 Å². The van der Waals surface area contributed by atoms with E-state index in [0.717, 1.165) is 22.4 Å². The van der Waals surface area contributed by atoms with Crippen LogP contribution in [0.25, 0.3) is 0 Å². The summed E-state index contributed by atoms with van der Waals surface area (Å²) in [6, 6.07) is 10.6. The standard InChI is InChI=1S/C15H16BrClN2/c1-11-3-5-12(6-4-11)10-19(2)15-13(8-17)7-14(16)9-18-15/h3-7,9H,8,10H2,1-2H3. The van der Waals surface area contributed by atoms with Gasteiger partial charge in [0.05, 0.1) is 5.88 Å². The number of anilines is 1. The van der Waals surface area contributed by atoms with E-state index in [4.69, 9.17) is 11.6 Å². The van der Waals surface area contributed by atoms with Crippen molar-refractivity contribution >= 4 is 33.3 Å². The lowest BCUT2D eigenvalue weighted by molar-refractivity contribution is 0.887. The van der Waals surface area contributed by atoms with Crippen molar-refractivity contribution in [3.63, 3.8) is 0 Å². The maximum absolute atomic E-state index is 5.98. The minimum absolute atomic E-state index is 0.458. The van der Waals surface area contributed by atoms with Crippen LogP contribution in [0.15, 0.2) is 41.0 Å². The molecule has 0 bridgehead atoms. The number of hydrogen-bond donors (Lipinski definition) is 0. The van der Waals surface area contributed by atoms with Gasteiger partial charge in [-0.1, -0.05) is 29.8 Å². The maximum Gasteiger partial charge on any atom is 0.133 e. The molecule has 0 fully saturated rings. The second-order valence-corrected chi connectivity index (χ2v) is 5.79.